The Hall–Kier alpha value is -3.80. The number of nitrogens with zero attached hydrogens (tertiary/aromatic N) is 1. The van der Waals surface area contributed by atoms with E-state index in [0.717, 1.165) is 16.6 Å². The van der Waals surface area contributed by atoms with Crippen molar-refractivity contribution in [2.45, 2.75) is 12.5 Å². The van der Waals surface area contributed by atoms with Crippen LogP contribution < -0.4 is 15.4 Å². The number of carbonyl (C=O) groups is 1. The highest BCUT2D eigenvalue weighted by molar-refractivity contribution is 5.91. The number of urea groups is 1. The molecule has 3 N–H and O–H groups in total. The molecule has 146 valence electrons. The van der Waals surface area contributed by atoms with E-state index in [-0.39, 0.29) is 12.1 Å². The van der Waals surface area contributed by atoms with Crippen molar-refractivity contribution in [2.24, 2.45) is 0 Å². The third-order valence-corrected chi connectivity index (χ3v) is 4.68. The topological polar surface area (TPSA) is 79.0 Å². The Morgan fingerprint density at radius 2 is 1.72 bits per heavy atom. The Labute approximate surface area is 168 Å². The molecule has 0 aliphatic carbocycles. The number of H-pyrrole nitrogens is 1. The summed E-state index contributed by atoms with van der Waals surface area (Å²) in [5.41, 5.74) is 3.52. The molecule has 1 heterocycles. The van der Waals surface area contributed by atoms with Crippen LogP contribution in [-0.2, 0) is 6.42 Å². The van der Waals surface area contributed by atoms with Gasteiger partial charge in [0.2, 0.25) is 0 Å². The molecule has 4 rings (SSSR count). The minimum atomic E-state index is -0.323. The lowest BCUT2D eigenvalue weighted by Crippen LogP contribution is -2.34. The Balaban J connectivity index is 1.58. The lowest BCUT2D eigenvalue weighted by Gasteiger charge is -2.18. The van der Waals surface area contributed by atoms with Crippen LogP contribution in [-0.4, -0.2) is 23.1 Å². The number of anilines is 1. The average molecular weight is 386 g/mol. The molecule has 0 unspecified atom stereocenters. The molecule has 4 aromatic rings. The monoisotopic (exact) mass is 386 g/mol. The first-order valence-electron chi connectivity index (χ1n) is 9.42. The van der Waals surface area contributed by atoms with Gasteiger partial charge in [0.05, 0.1) is 29.9 Å². The van der Waals surface area contributed by atoms with Crippen molar-refractivity contribution in [3.05, 3.63) is 90.3 Å². The molecule has 0 spiro atoms. The molecule has 6 heteroatoms. The van der Waals surface area contributed by atoms with E-state index in [0.29, 0.717) is 23.7 Å². The van der Waals surface area contributed by atoms with Crippen LogP contribution in [0.1, 0.15) is 17.4 Å². The van der Waals surface area contributed by atoms with Crippen LogP contribution in [0.2, 0.25) is 0 Å². The molecule has 1 aromatic heterocycles. The van der Waals surface area contributed by atoms with Crippen LogP contribution in [0.4, 0.5) is 10.5 Å². The van der Waals surface area contributed by atoms with Gasteiger partial charge < -0.3 is 20.4 Å². The van der Waals surface area contributed by atoms with E-state index < -0.39 is 0 Å². The normalized spacial score (nSPS) is 11.8. The molecule has 2 amide bonds. The number of para-hydroxylation sites is 4. The summed E-state index contributed by atoms with van der Waals surface area (Å²) in [7, 11) is 1.57. The molecule has 0 radical (unpaired) electrons. The fraction of sp³-hybridized carbons (Fsp3) is 0.130. The third kappa shape index (κ3) is 4.38. The first-order valence-corrected chi connectivity index (χ1v) is 9.42. The predicted octanol–water partition coefficient (Wildman–Crippen LogP) is 4.68. The number of hydrogen-bond acceptors (Lipinski definition) is 3. The van der Waals surface area contributed by atoms with Gasteiger partial charge in [0.25, 0.3) is 0 Å². The highest BCUT2D eigenvalue weighted by Gasteiger charge is 2.20. The number of hydrogen-bond donors (Lipinski definition) is 3. The van der Waals surface area contributed by atoms with Crippen molar-refractivity contribution in [1.29, 1.82) is 0 Å². The fourth-order valence-electron chi connectivity index (χ4n) is 3.27. The number of carbonyl (C=O) groups excluding carboxylic acids is 1. The van der Waals surface area contributed by atoms with Crippen LogP contribution in [0.25, 0.3) is 11.0 Å². The largest absolute Gasteiger partial charge is 0.495 e. The lowest BCUT2D eigenvalue weighted by atomic mass is 10.1. The minimum absolute atomic E-state index is 0.320. The van der Waals surface area contributed by atoms with Crippen molar-refractivity contribution in [3.8, 4) is 5.75 Å². The zero-order chi connectivity index (χ0) is 20.1. The van der Waals surface area contributed by atoms with Gasteiger partial charge in [0.1, 0.15) is 11.6 Å². The maximum absolute atomic E-state index is 12.8. The van der Waals surface area contributed by atoms with Gasteiger partial charge in [-0.3, -0.25) is 0 Å². The summed E-state index contributed by atoms with van der Waals surface area (Å²) in [5.74, 6) is 1.32. The second kappa shape index (κ2) is 8.48. The van der Waals surface area contributed by atoms with Gasteiger partial charge in [-0.25, -0.2) is 9.78 Å². The highest BCUT2D eigenvalue weighted by Crippen LogP contribution is 2.24. The number of aromatic nitrogens is 2. The molecule has 0 fully saturated rings. The smallest absolute Gasteiger partial charge is 0.319 e. The van der Waals surface area contributed by atoms with Gasteiger partial charge in [-0.05, 0) is 36.2 Å². The summed E-state index contributed by atoms with van der Waals surface area (Å²) in [4.78, 5) is 20.8. The van der Waals surface area contributed by atoms with Gasteiger partial charge in [-0.15, -0.1) is 0 Å². The van der Waals surface area contributed by atoms with Gasteiger partial charge >= 0.3 is 6.03 Å². The molecule has 0 saturated heterocycles. The van der Waals surface area contributed by atoms with Gasteiger partial charge in [-0.2, -0.15) is 0 Å². The van der Waals surface area contributed by atoms with E-state index in [1.165, 1.54) is 0 Å². The van der Waals surface area contributed by atoms with Crippen LogP contribution in [0.3, 0.4) is 0 Å². The molecular formula is C23H22N4O2. The number of fused-ring (bicyclic) bond motifs is 1. The molecule has 3 aromatic carbocycles. The molecule has 0 bridgehead atoms. The van der Waals surface area contributed by atoms with Crippen molar-refractivity contribution >= 4 is 22.8 Å². The van der Waals surface area contributed by atoms with E-state index in [1.54, 1.807) is 19.2 Å². The number of amides is 2. The minimum Gasteiger partial charge on any atom is -0.495 e. The number of benzene rings is 3. The van der Waals surface area contributed by atoms with Crippen molar-refractivity contribution in [3.63, 3.8) is 0 Å². The Morgan fingerprint density at radius 3 is 2.52 bits per heavy atom. The van der Waals surface area contributed by atoms with Gasteiger partial charge in [-0.1, -0.05) is 54.6 Å². The standard InChI is InChI=1S/C23H22N4O2/c1-29-21-14-8-7-13-19(21)26-23(28)27-20(15-16-9-3-2-4-10-16)22-24-17-11-5-6-12-18(17)25-22/h2-14,20H,15H2,1H3,(H,24,25)(H2,26,27,28)/t20-/m0/s1. The van der Waals surface area contributed by atoms with E-state index in [4.69, 9.17) is 4.74 Å². The molecule has 0 aliphatic heterocycles. The third-order valence-electron chi connectivity index (χ3n) is 4.68. The second-order valence-electron chi connectivity index (χ2n) is 6.68. The van der Waals surface area contributed by atoms with E-state index in [9.17, 15) is 4.79 Å². The van der Waals surface area contributed by atoms with E-state index >= 15 is 0 Å². The summed E-state index contributed by atoms with van der Waals surface area (Å²) in [6.45, 7) is 0. The molecule has 0 saturated carbocycles. The zero-order valence-electron chi connectivity index (χ0n) is 16.1. The molecule has 6 nitrogen and oxygen atoms in total. The number of ether oxygens (including phenoxy) is 1. The maximum atomic E-state index is 12.8. The maximum Gasteiger partial charge on any atom is 0.319 e. The second-order valence-corrected chi connectivity index (χ2v) is 6.68. The van der Waals surface area contributed by atoms with Gasteiger partial charge in [0, 0.05) is 0 Å². The van der Waals surface area contributed by atoms with E-state index in [2.05, 4.69) is 20.6 Å². The number of rotatable bonds is 6. The fourth-order valence-corrected chi connectivity index (χ4v) is 3.27. The number of methoxy groups -OCH3 is 1. The first-order chi connectivity index (χ1) is 14.2. The van der Waals surface area contributed by atoms with Crippen LogP contribution in [0.15, 0.2) is 78.9 Å². The SMILES string of the molecule is COc1ccccc1NC(=O)N[C@@H](Cc1ccccc1)c1nc2ccccc2[nH]1. The quantitative estimate of drug-likeness (QED) is 0.450. The summed E-state index contributed by atoms with van der Waals surface area (Å²) in [6, 6.07) is 24.5. The van der Waals surface area contributed by atoms with Crippen molar-refractivity contribution in [1.82, 2.24) is 15.3 Å². The zero-order valence-corrected chi connectivity index (χ0v) is 16.1. The van der Waals surface area contributed by atoms with Crippen LogP contribution >= 0.6 is 0 Å². The summed E-state index contributed by atoms with van der Waals surface area (Å²) in [6.07, 6.45) is 0.611. The number of nitrogens with one attached hydrogen (secondary N) is 3. The van der Waals surface area contributed by atoms with Crippen molar-refractivity contribution in [2.75, 3.05) is 12.4 Å². The first kappa shape index (κ1) is 18.6. The Kier molecular flexibility index (Phi) is 5.42. The Bertz CT molecular complexity index is 1080. The lowest BCUT2D eigenvalue weighted by molar-refractivity contribution is 0.248. The Morgan fingerprint density at radius 1 is 1.00 bits per heavy atom. The molecule has 29 heavy (non-hydrogen) atoms. The van der Waals surface area contributed by atoms with Crippen LogP contribution in [0.5, 0.6) is 5.75 Å². The van der Waals surface area contributed by atoms with Crippen LogP contribution in [0, 0.1) is 0 Å². The van der Waals surface area contributed by atoms with E-state index in [1.807, 2.05) is 66.7 Å². The highest BCUT2D eigenvalue weighted by atomic mass is 16.5. The summed E-state index contributed by atoms with van der Waals surface area (Å²) < 4.78 is 5.31. The van der Waals surface area contributed by atoms with Gasteiger partial charge in [0.15, 0.2) is 0 Å². The average Bonchev–Trinajstić information content (AvgIpc) is 3.19. The predicted molar refractivity (Wildman–Crippen MR) is 114 cm³/mol. The number of aromatic amines is 1. The molecule has 0 aliphatic rings. The molecule has 1 atom stereocenters. The summed E-state index contributed by atoms with van der Waals surface area (Å²) in [5, 5.41) is 5.91. The van der Waals surface area contributed by atoms with Crippen molar-refractivity contribution < 1.29 is 9.53 Å². The summed E-state index contributed by atoms with van der Waals surface area (Å²) >= 11 is 0. The number of imidazole rings is 1. The molecular weight excluding hydrogens is 364 g/mol.